The SMILES string of the molecule is CC(C)C(CN)C(=O)N(C)C1CCCC1. The lowest BCUT2D eigenvalue weighted by Crippen LogP contribution is -2.43. The van der Waals surface area contributed by atoms with Crippen LogP contribution in [-0.2, 0) is 4.79 Å². The maximum atomic E-state index is 12.1. The lowest BCUT2D eigenvalue weighted by molar-refractivity contribution is -0.137. The van der Waals surface area contributed by atoms with Gasteiger partial charge in [-0.15, -0.1) is 0 Å². The Morgan fingerprint density at radius 3 is 2.33 bits per heavy atom. The highest BCUT2D eigenvalue weighted by Gasteiger charge is 2.29. The van der Waals surface area contributed by atoms with Crippen molar-refractivity contribution in [3.05, 3.63) is 0 Å². The van der Waals surface area contributed by atoms with E-state index in [9.17, 15) is 4.79 Å². The number of rotatable bonds is 4. The molecule has 0 aromatic heterocycles. The molecule has 0 aliphatic heterocycles. The summed E-state index contributed by atoms with van der Waals surface area (Å²) in [6, 6.07) is 0.463. The first-order valence-corrected chi connectivity index (χ1v) is 6.04. The molecule has 0 radical (unpaired) electrons. The van der Waals surface area contributed by atoms with Gasteiger partial charge in [-0.1, -0.05) is 26.7 Å². The smallest absolute Gasteiger partial charge is 0.227 e. The second kappa shape index (κ2) is 5.50. The normalized spacial score (nSPS) is 19.5. The van der Waals surface area contributed by atoms with Crippen molar-refractivity contribution in [2.75, 3.05) is 13.6 Å². The Hall–Kier alpha value is -0.570. The molecule has 1 saturated carbocycles. The largest absolute Gasteiger partial charge is 0.342 e. The summed E-state index contributed by atoms with van der Waals surface area (Å²) in [5.74, 6) is 0.571. The summed E-state index contributed by atoms with van der Waals surface area (Å²) in [4.78, 5) is 14.1. The second-order valence-corrected chi connectivity index (χ2v) is 4.97. The molecule has 1 atom stereocenters. The van der Waals surface area contributed by atoms with Crippen molar-refractivity contribution in [2.24, 2.45) is 17.6 Å². The van der Waals surface area contributed by atoms with Gasteiger partial charge in [0.2, 0.25) is 5.91 Å². The van der Waals surface area contributed by atoms with Gasteiger partial charge in [0.1, 0.15) is 0 Å². The van der Waals surface area contributed by atoms with Crippen molar-refractivity contribution < 1.29 is 4.79 Å². The molecule has 0 heterocycles. The first kappa shape index (κ1) is 12.5. The number of carbonyl (C=O) groups excluding carboxylic acids is 1. The van der Waals surface area contributed by atoms with E-state index in [2.05, 4.69) is 13.8 Å². The van der Waals surface area contributed by atoms with Crippen molar-refractivity contribution in [3.8, 4) is 0 Å². The fourth-order valence-corrected chi connectivity index (χ4v) is 2.39. The highest BCUT2D eigenvalue weighted by molar-refractivity contribution is 5.79. The number of hydrogen-bond acceptors (Lipinski definition) is 2. The molecule has 2 N–H and O–H groups in total. The highest BCUT2D eigenvalue weighted by atomic mass is 16.2. The van der Waals surface area contributed by atoms with Gasteiger partial charge in [-0.2, -0.15) is 0 Å². The maximum Gasteiger partial charge on any atom is 0.227 e. The van der Waals surface area contributed by atoms with Gasteiger partial charge in [-0.05, 0) is 18.8 Å². The summed E-state index contributed by atoms with van der Waals surface area (Å²) in [5, 5.41) is 0. The van der Waals surface area contributed by atoms with Crippen LogP contribution >= 0.6 is 0 Å². The van der Waals surface area contributed by atoms with Gasteiger partial charge < -0.3 is 10.6 Å². The molecular weight excluding hydrogens is 188 g/mol. The maximum absolute atomic E-state index is 12.1. The molecule has 0 aromatic rings. The van der Waals surface area contributed by atoms with Crippen molar-refractivity contribution in [1.82, 2.24) is 4.90 Å². The molecular formula is C12H24N2O. The number of nitrogens with two attached hydrogens (primary N) is 1. The van der Waals surface area contributed by atoms with E-state index >= 15 is 0 Å². The molecule has 1 fully saturated rings. The summed E-state index contributed by atoms with van der Waals surface area (Å²) in [7, 11) is 1.93. The number of amides is 1. The third kappa shape index (κ3) is 2.94. The average Bonchev–Trinajstić information content (AvgIpc) is 2.69. The topological polar surface area (TPSA) is 46.3 Å². The second-order valence-electron chi connectivity index (χ2n) is 4.97. The Morgan fingerprint density at radius 2 is 1.93 bits per heavy atom. The van der Waals surface area contributed by atoms with Crippen LogP contribution in [0.3, 0.4) is 0 Å². The van der Waals surface area contributed by atoms with Gasteiger partial charge in [-0.25, -0.2) is 0 Å². The molecule has 1 unspecified atom stereocenters. The van der Waals surface area contributed by atoms with E-state index in [4.69, 9.17) is 5.73 Å². The van der Waals surface area contributed by atoms with Crippen LogP contribution in [0.2, 0.25) is 0 Å². The summed E-state index contributed by atoms with van der Waals surface area (Å²) in [6.07, 6.45) is 4.85. The molecule has 0 spiro atoms. The quantitative estimate of drug-likeness (QED) is 0.769. The fraction of sp³-hybridized carbons (Fsp3) is 0.917. The number of nitrogens with zero attached hydrogens (tertiary/aromatic N) is 1. The standard InChI is InChI=1S/C12H24N2O/c1-9(2)11(8-13)12(15)14(3)10-6-4-5-7-10/h9-11H,4-8,13H2,1-3H3. The van der Waals surface area contributed by atoms with E-state index < -0.39 is 0 Å². The van der Waals surface area contributed by atoms with Gasteiger partial charge >= 0.3 is 0 Å². The minimum atomic E-state index is -0.00407. The summed E-state index contributed by atoms with van der Waals surface area (Å²) >= 11 is 0. The van der Waals surface area contributed by atoms with E-state index in [1.807, 2.05) is 11.9 Å². The van der Waals surface area contributed by atoms with E-state index in [1.54, 1.807) is 0 Å². The number of hydrogen-bond donors (Lipinski definition) is 1. The van der Waals surface area contributed by atoms with Crippen LogP contribution in [-0.4, -0.2) is 30.4 Å². The molecule has 1 aliphatic carbocycles. The molecule has 1 aliphatic rings. The number of carbonyl (C=O) groups is 1. The van der Waals surface area contributed by atoms with Crippen LogP contribution in [0.15, 0.2) is 0 Å². The van der Waals surface area contributed by atoms with Crippen LogP contribution in [0.1, 0.15) is 39.5 Å². The van der Waals surface area contributed by atoms with Crippen LogP contribution in [0.4, 0.5) is 0 Å². The molecule has 88 valence electrons. The van der Waals surface area contributed by atoms with Crippen molar-refractivity contribution in [3.63, 3.8) is 0 Å². The Labute approximate surface area is 93.0 Å². The van der Waals surface area contributed by atoms with Crippen molar-refractivity contribution in [1.29, 1.82) is 0 Å². The lowest BCUT2D eigenvalue weighted by Gasteiger charge is -2.29. The summed E-state index contributed by atoms with van der Waals surface area (Å²) < 4.78 is 0. The lowest BCUT2D eigenvalue weighted by atomic mass is 9.94. The van der Waals surface area contributed by atoms with Gasteiger partial charge in [0, 0.05) is 19.6 Å². The van der Waals surface area contributed by atoms with Crippen LogP contribution < -0.4 is 5.73 Å². The first-order valence-electron chi connectivity index (χ1n) is 6.04. The van der Waals surface area contributed by atoms with E-state index in [1.165, 1.54) is 12.8 Å². The minimum Gasteiger partial charge on any atom is -0.342 e. The Kier molecular flexibility index (Phi) is 4.58. The van der Waals surface area contributed by atoms with Gasteiger partial charge in [-0.3, -0.25) is 4.79 Å². The molecule has 0 saturated heterocycles. The molecule has 1 rings (SSSR count). The fourth-order valence-electron chi connectivity index (χ4n) is 2.39. The Morgan fingerprint density at radius 1 is 1.40 bits per heavy atom. The Bertz CT molecular complexity index is 210. The molecule has 0 bridgehead atoms. The van der Waals surface area contributed by atoms with Gasteiger partial charge in [0.25, 0.3) is 0 Å². The third-order valence-electron chi connectivity index (χ3n) is 3.60. The molecule has 1 amide bonds. The Balaban J connectivity index is 2.56. The van der Waals surface area contributed by atoms with E-state index in [0.717, 1.165) is 12.8 Å². The summed E-state index contributed by atoms with van der Waals surface area (Å²) in [6.45, 7) is 4.60. The predicted octanol–water partition coefficient (Wildman–Crippen LogP) is 1.62. The van der Waals surface area contributed by atoms with Gasteiger partial charge in [0.15, 0.2) is 0 Å². The van der Waals surface area contributed by atoms with Crippen molar-refractivity contribution >= 4 is 5.91 Å². The highest BCUT2D eigenvalue weighted by Crippen LogP contribution is 2.24. The zero-order valence-electron chi connectivity index (χ0n) is 10.2. The first-order chi connectivity index (χ1) is 7.07. The van der Waals surface area contributed by atoms with Crippen LogP contribution in [0, 0.1) is 11.8 Å². The molecule has 0 aromatic carbocycles. The van der Waals surface area contributed by atoms with E-state index in [-0.39, 0.29) is 11.8 Å². The molecule has 3 nitrogen and oxygen atoms in total. The monoisotopic (exact) mass is 212 g/mol. The zero-order chi connectivity index (χ0) is 11.4. The summed E-state index contributed by atoms with van der Waals surface area (Å²) in [5.41, 5.74) is 5.66. The molecule has 3 heteroatoms. The predicted molar refractivity (Wildman–Crippen MR) is 62.4 cm³/mol. The van der Waals surface area contributed by atoms with E-state index in [0.29, 0.717) is 18.5 Å². The zero-order valence-corrected chi connectivity index (χ0v) is 10.2. The average molecular weight is 212 g/mol. The van der Waals surface area contributed by atoms with Crippen molar-refractivity contribution in [2.45, 2.75) is 45.6 Å². The van der Waals surface area contributed by atoms with Gasteiger partial charge in [0.05, 0.1) is 5.92 Å². The van der Waals surface area contributed by atoms with Crippen LogP contribution in [0.5, 0.6) is 0 Å². The van der Waals surface area contributed by atoms with Crippen LogP contribution in [0.25, 0.3) is 0 Å². The minimum absolute atomic E-state index is 0.00407. The molecule has 15 heavy (non-hydrogen) atoms. The third-order valence-corrected chi connectivity index (χ3v) is 3.60.